The Morgan fingerprint density at radius 3 is 2.85 bits per heavy atom. The number of aromatic nitrogens is 3. The van der Waals surface area contributed by atoms with Crippen LogP contribution in [0.3, 0.4) is 0 Å². The van der Waals surface area contributed by atoms with Crippen molar-refractivity contribution in [3.05, 3.63) is 65.7 Å². The summed E-state index contributed by atoms with van der Waals surface area (Å²) >= 11 is 0. The first kappa shape index (κ1) is 22.5. The highest BCUT2D eigenvalue weighted by Crippen LogP contribution is 2.34. The molecule has 0 saturated carbocycles. The number of amides is 1. The van der Waals surface area contributed by atoms with Gasteiger partial charge in [0, 0.05) is 12.2 Å². The average molecular weight is 449 g/mol. The summed E-state index contributed by atoms with van der Waals surface area (Å²) in [7, 11) is 1.58. The Bertz CT molecular complexity index is 1120. The molecule has 0 aliphatic carbocycles. The Hall–Kier alpha value is -3.72. The molecule has 1 unspecified atom stereocenters. The summed E-state index contributed by atoms with van der Waals surface area (Å²) in [5.41, 5.74) is 8.12. The normalized spacial score (nSPS) is 15.9. The zero-order valence-electron chi connectivity index (χ0n) is 18.8. The van der Waals surface area contributed by atoms with Crippen molar-refractivity contribution in [3.8, 4) is 11.5 Å². The number of primary amides is 1. The number of nitrogens with one attached hydrogen (secondary N) is 1. The second-order valence-corrected chi connectivity index (χ2v) is 7.99. The molecule has 0 bridgehead atoms. The standard InChI is InChI=1S/C24H28N6O3/c1-16-5-3-7-23(27-16)29-24-13-26-12-18(28-24)19-6-4-10-30(19)14-17-8-9-20(21(11-17)32-2)33-15-22(25)31/h3,5,7-9,11-13,19H,4,6,10,14-15H2,1-2H3,(H2,25,31)(H,27,28,29). The fourth-order valence-corrected chi connectivity index (χ4v) is 4.01. The van der Waals surface area contributed by atoms with E-state index in [4.69, 9.17) is 20.2 Å². The van der Waals surface area contributed by atoms with Crippen molar-refractivity contribution in [3.63, 3.8) is 0 Å². The monoisotopic (exact) mass is 448 g/mol. The lowest BCUT2D eigenvalue weighted by molar-refractivity contribution is -0.119. The number of nitrogens with two attached hydrogens (primary N) is 1. The molecule has 2 aromatic heterocycles. The van der Waals surface area contributed by atoms with E-state index in [1.165, 1.54) is 0 Å². The van der Waals surface area contributed by atoms with Crippen molar-refractivity contribution in [1.29, 1.82) is 0 Å². The molecule has 172 valence electrons. The van der Waals surface area contributed by atoms with Crippen LogP contribution in [0.5, 0.6) is 11.5 Å². The van der Waals surface area contributed by atoms with Gasteiger partial charge in [0.2, 0.25) is 0 Å². The first-order valence-corrected chi connectivity index (χ1v) is 10.9. The molecular formula is C24H28N6O3. The van der Waals surface area contributed by atoms with Crippen molar-refractivity contribution >= 4 is 17.5 Å². The van der Waals surface area contributed by atoms with Crippen molar-refractivity contribution in [1.82, 2.24) is 19.9 Å². The van der Waals surface area contributed by atoms with Gasteiger partial charge in [0.25, 0.3) is 5.91 Å². The van der Waals surface area contributed by atoms with Gasteiger partial charge in [-0.15, -0.1) is 0 Å². The molecular weight excluding hydrogens is 420 g/mol. The molecule has 3 aromatic rings. The van der Waals surface area contributed by atoms with Crippen LogP contribution >= 0.6 is 0 Å². The molecule has 1 aliphatic rings. The first-order chi connectivity index (χ1) is 16.0. The summed E-state index contributed by atoms with van der Waals surface area (Å²) in [5, 5.41) is 3.25. The molecule has 1 fully saturated rings. The van der Waals surface area contributed by atoms with Gasteiger partial charge < -0.3 is 20.5 Å². The van der Waals surface area contributed by atoms with Crippen LogP contribution < -0.4 is 20.5 Å². The second kappa shape index (κ2) is 10.3. The van der Waals surface area contributed by atoms with E-state index >= 15 is 0 Å². The summed E-state index contributed by atoms with van der Waals surface area (Å²) in [6.07, 6.45) is 5.64. The molecule has 3 heterocycles. The van der Waals surface area contributed by atoms with Crippen molar-refractivity contribution in [2.75, 3.05) is 25.6 Å². The van der Waals surface area contributed by atoms with Crippen LogP contribution in [-0.2, 0) is 11.3 Å². The number of anilines is 2. The highest BCUT2D eigenvalue weighted by molar-refractivity contribution is 5.75. The number of methoxy groups -OCH3 is 1. The van der Waals surface area contributed by atoms with Crippen LogP contribution in [-0.4, -0.2) is 46.0 Å². The largest absolute Gasteiger partial charge is 0.493 e. The number of hydrogen-bond donors (Lipinski definition) is 2. The maximum atomic E-state index is 11.0. The number of carbonyl (C=O) groups is 1. The molecule has 1 aromatic carbocycles. The minimum Gasteiger partial charge on any atom is -0.493 e. The maximum Gasteiger partial charge on any atom is 0.255 e. The van der Waals surface area contributed by atoms with Gasteiger partial charge in [0.1, 0.15) is 11.6 Å². The lowest BCUT2D eigenvalue weighted by atomic mass is 10.1. The SMILES string of the molecule is COc1cc(CN2CCCC2c2cncc(Nc3cccc(C)n3)n2)ccc1OCC(N)=O. The van der Waals surface area contributed by atoms with Gasteiger partial charge in [0.15, 0.2) is 18.1 Å². The average Bonchev–Trinajstić information content (AvgIpc) is 3.26. The number of aryl methyl sites for hydroxylation is 1. The van der Waals surface area contributed by atoms with E-state index in [9.17, 15) is 4.79 Å². The number of likely N-dealkylation sites (tertiary alicyclic amines) is 1. The zero-order chi connectivity index (χ0) is 23.2. The number of nitrogens with zero attached hydrogens (tertiary/aromatic N) is 4. The zero-order valence-corrected chi connectivity index (χ0v) is 18.8. The minimum atomic E-state index is -0.531. The Morgan fingerprint density at radius 1 is 1.18 bits per heavy atom. The predicted molar refractivity (Wildman–Crippen MR) is 124 cm³/mol. The number of hydrogen-bond acceptors (Lipinski definition) is 8. The third-order valence-electron chi connectivity index (χ3n) is 5.49. The minimum absolute atomic E-state index is 0.168. The molecule has 0 radical (unpaired) electrons. The summed E-state index contributed by atoms with van der Waals surface area (Å²) < 4.78 is 10.9. The van der Waals surface area contributed by atoms with Gasteiger partial charge in [-0.2, -0.15) is 0 Å². The van der Waals surface area contributed by atoms with Crippen LogP contribution in [0.25, 0.3) is 0 Å². The third kappa shape index (κ3) is 5.75. The quantitative estimate of drug-likeness (QED) is 0.513. The van der Waals surface area contributed by atoms with Crippen LogP contribution in [0.4, 0.5) is 11.6 Å². The van der Waals surface area contributed by atoms with Crippen molar-refractivity contribution < 1.29 is 14.3 Å². The molecule has 0 spiro atoms. The van der Waals surface area contributed by atoms with Gasteiger partial charge >= 0.3 is 0 Å². The van der Waals surface area contributed by atoms with E-state index < -0.39 is 5.91 Å². The van der Waals surface area contributed by atoms with E-state index in [1.807, 2.05) is 43.5 Å². The number of benzene rings is 1. The summed E-state index contributed by atoms with van der Waals surface area (Å²) in [6, 6.07) is 11.7. The fourth-order valence-electron chi connectivity index (χ4n) is 4.01. The highest BCUT2D eigenvalue weighted by atomic mass is 16.5. The van der Waals surface area contributed by atoms with Gasteiger partial charge in [-0.25, -0.2) is 9.97 Å². The molecule has 9 nitrogen and oxygen atoms in total. The van der Waals surface area contributed by atoms with E-state index in [-0.39, 0.29) is 12.6 Å². The predicted octanol–water partition coefficient (Wildman–Crippen LogP) is 3.13. The molecule has 1 saturated heterocycles. The Morgan fingerprint density at radius 2 is 2.06 bits per heavy atom. The lowest BCUT2D eigenvalue weighted by Gasteiger charge is -2.24. The molecule has 33 heavy (non-hydrogen) atoms. The molecule has 3 N–H and O–H groups in total. The Balaban J connectivity index is 1.47. The number of carbonyl (C=O) groups excluding carboxylic acids is 1. The smallest absolute Gasteiger partial charge is 0.255 e. The molecule has 1 amide bonds. The van der Waals surface area contributed by atoms with Crippen LogP contribution in [0, 0.1) is 6.92 Å². The lowest BCUT2D eigenvalue weighted by Crippen LogP contribution is -2.24. The highest BCUT2D eigenvalue weighted by Gasteiger charge is 2.28. The van der Waals surface area contributed by atoms with E-state index in [0.717, 1.165) is 48.7 Å². The number of ether oxygens (including phenoxy) is 2. The molecule has 9 heteroatoms. The van der Waals surface area contributed by atoms with E-state index in [2.05, 4.69) is 20.2 Å². The van der Waals surface area contributed by atoms with E-state index in [0.29, 0.717) is 17.3 Å². The molecule has 4 rings (SSSR count). The Labute approximate surface area is 193 Å². The van der Waals surface area contributed by atoms with Crippen molar-refractivity contribution in [2.45, 2.75) is 32.4 Å². The fraction of sp³-hybridized carbons (Fsp3) is 0.333. The topological polar surface area (TPSA) is 115 Å². The summed E-state index contributed by atoms with van der Waals surface area (Å²) in [6.45, 7) is 3.46. The van der Waals surface area contributed by atoms with E-state index in [1.54, 1.807) is 19.4 Å². The third-order valence-corrected chi connectivity index (χ3v) is 5.49. The summed E-state index contributed by atoms with van der Waals surface area (Å²) in [5.74, 6) is 1.95. The van der Waals surface area contributed by atoms with Crippen LogP contribution in [0.2, 0.25) is 0 Å². The van der Waals surface area contributed by atoms with Gasteiger partial charge in [-0.1, -0.05) is 12.1 Å². The van der Waals surface area contributed by atoms with Crippen LogP contribution in [0.1, 0.15) is 35.8 Å². The number of rotatable bonds is 9. The first-order valence-electron chi connectivity index (χ1n) is 10.9. The van der Waals surface area contributed by atoms with Crippen molar-refractivity contribution in [2.24, 2.45) is 5.73 Å². The molecule has 1 aliphatic heterocycles. The van der Waals surface area contributed by atoms with Crippen LogP contribution in [0.15, 0.2) is 48.8 Å². The summed E-state index contributed by atoms with van der Waals surface area (Å²) in [4.78, 5) is 27.1. The van der Waals surface area contributed by atoms with Gasteiger partial charge in [0.05, 0.1) is 31.2 Å². The van der Waals surface area contributed by atoms with Gasteiger partial charge in [-0.3, -0.25) is 14.7 Å². The maximum absolute atomic E-state index is 11.0. The molecule has 1 atom stereocenters. The Kier molecular flexibility index (Phi) is 6.99. The number of pyridine rings is 1. The van der Waals surface area contributed by atoms with Gasteiger partial charge in [-0.05, 0) is 56.1 Å². The second-order valence-electron chi connectivity index (χ2n) is 7.99.